The Labute approximate surface area is 240 Å². The van der Waals surface area contributed by atoms with Gasteiger partial charge in [0.1, 0.15) is 11.4 Å². The molecule has 0 aliphatic carbocycles. The molecule has 0 saturated carbocycles. The zero-order chi connectivity index (χ0) is 29.6. The monoisotopic (exact) mass is 575 g/mol. The van der Waals surface area contributed by atoms with Crippen LogP contribution < -0.4 is 15.8 Å². The van der Waals surface area contributed by atoms with Crippen LogP contribution in [0.1, 0.15) is 37.1 Å². The molecular formula is C31H32F3N7O. The summed E-state index contributed by atoms with van der Waals surface area (Å²) in [5, 5.41) is 4.18. The summed E-state index contributed by atoms with van der Waals surface area (Å²) in [6.07, 6.45) is -1.34. The Morgan fingerprint density at radius 3 is 2.50 bits per heavy atom. The standard InChI is InChI=1S/C31H32F3N7O/c1-18(22-9-6-7-13-35-22)36-28-20-8-4-5-10-23(20)39-30(42)27(28)29-37-24-16-21(31(32,33)34)26(17-25(24)38-29)41(3)19-11-14-40(2)15-12-19/h4-10,13,16-19H,11-12,14-15H2,1-3H3,(H,37,38)(H2,36,39,42)/t18-/m0/s1. The molecule has 1 saturated heterocycles. The van der Waals surface area contributed by atoms with Gasteiger partial charge in [-0.15, -0.1) is 0 Å². The highest BCUT2D eigenvalue weighted by Gasteiger charge is 2.37. The number of rotatable bonds is 6. The molecule has 3 aromatic heterocycles. The highest BCUT2D eigenvalue weighted by Crippen LogP contribution is 2.41. The first kappa shape index (κ1) is 27.8. The van der Waals surface area contributed by atoms with Crippen LogP contribution in [-0.4, -0.2) is 58.1 Å². The average molecular weight is 576 g/mol. The molecule has 0 unspecified atom stereocenters. The number of aromatic amines is 2. The van der Waals surface area contributed by atoms with E-state index in [1.807, 2.05) is 50.4 Å². The number of imidazole rings is 1. The average Bonchev–Trinajstić information content (AvgIpc) is 3.39. The van der Waals surface area contributed by atoms with Crippen LogP contribution in [0.5, 0.6) is 0 Å². The SMILES string of the molecule is C[C@H](Nc1c(-c2nc3cc(C(F)(F)F)c(N(C)C4CCN(C)CC4)cc3[nH]2)c(=O)[nH]c2ccccc12)c1ccccn1. The van der Waals surface area contributed by atoms with Crippen LogP contribution >= 0.6 is 0 Å². The van der Waals surface area contributed by atoms with Crippen molar-refractivity contribution in [2.75, 3.05) is 37.4 Å². The number of fused-ring (bicyclic) bond motifs is 2. The van der Waals surface area contributed by atoms with E-state index in [2.05, 4.69) is 30.2 Å². The summed E-state index contributed by atoms with van der Waals surface area (Å²) in [5.74, 6) is 0.181. The Morgan fingerprint density at radius 2 is 1.79 bits per heavy atom. The number of pyridine rings is 2. The smallest absolute Gasteiger partial charge is 0.376 e. The number of aromatic nitrogens is 4. The number of nitrogens with zero attached hydrogens (tertiary/aromatic N) is 4. The summed E-state index contributed by atoms with van der Waals surface area (Å²) in [5.41, 5.74) is 1.62. The maximum absolute atomic E-state index is 14.4. The number of anilines is 2. The van der Waals surface area contributed by atoms with Crippen molar-refractivity contribution in [3.63, 3.8) is 0 Å². The molecule has 8 nitrogen and oxygen atoms in total. The van der Waals surface area contributed by atoms with E-state index in [4.69, 9.17) is 0 Å². The first-order valence-corrected chi connectivity index (χ1v) is 14.0. The van der Waals surface area contributed by atoms with E-state index < -0.39 is 17.3 Å². The quantitative estimate of drug-likeness (QED) is 0.224. The summed E-state index contributed by atoms with van der Waals surface area (Å²) in [6, 6.07) is 15.3. The van der Waals surface area contributed by atoms with Crippen molar-refractivity contribution in [3.05, 3.63) is 82.4 Å². The summed E-state index contributed by atoms with van der Waals surface area (Å²) < 4.78 is 43.1. The maximum atomic E-state index is 14.4. The van der Waals surface area contributed by atoms with Gasteiger partial charge in [0.05, 0.1) is 45.2 Å². The number of H-pyrrole nitrogens is 2. The van der Waals surface area contributed by atoms with Crippen LogP contribution in [0.15, 0.2) is 65.6 Å². The van der Waals surface area contributed by atoms with Crippen molar-refractivity contribution in [3.8, 4) is 11.4 Å². The van der Waals surface area contributed by atoms with E-state index >= 15 is 0 Å². The summed E-state index contributed by atoms with van der Waals surface area (Å²) in [7, 11) is 3.74. The lowest BCUT2D eigenvalue weighted by Crippen LogP contribution is -2.42. The molecule has 1 aliphatic heterocycles. The van der Waals surface area contributed by atoms with E-state index in [1.165, 1.54) is 6.07 Å². The number of likely N-dealkylation sites (tertiary alicyclic amines) is 1. The fourth-order valence-electron chi connectivity index (χ4n) is 5.80. The summed E-state index contributed by atoms with van der Waals surface area (Å²) >= 11 is 0. The van der Waals surface area contributed by atoms with Gasteiger partial charge in [0.15, 0.2) is 0 Å². The largest absolute Gasteiger partial charge is 0.418 e. The Balaban J connectivity index is 1.49. The number of nitrogens with one attached hydrogen (secondary N) is 3. The summed E-state index contributed by atoms with van der Waals surface area (Å²) in [4.78, 5) is 32.5. The van der Waals surface area contributed by atoms with Crippen molar-refractivity contribution in [1.82, 2.24) is 24.8 Å². The van der Waals surface area contributed by atoms with E-state index in [9.17, 15) is 18.0 Å². The molecule has 1 fully saturated rings. The van der Waals surface area contributed by atoms with Gasteiger partial charge in [-0.05, 0) is 70.2 Å². The van der Waals surface area contributed by atoms with Crippen LogP contribution in [0.2, 0.25) is 0 Å². The Bertz CT molecular complexity index is 1790. The first-order chi connectivity index (χ1) is 20.1. The Morgan fingerprint density at radius 1 is 1.05 bits per heavy atom. The number of hydrogen-bond donors (Lipinski definition) is 3. The fourth-order valence-corrected chi connectivity index (χ4v) is 5.80. The third-order valence-electron chi connectivity index (χ3n) is 8.17. The number of para-hydroxylation sites is 1. The number of benzene rings is 2. The first-order valence-electron chi connectivity index (χ1n) is 14.0. The van der Waals surface area contributed by atoms with Gasteiger partial charge in [0.25, 0.3) is 5.56 Å². The normalized spacial score (nSPS) is 15.8. The topological polar surface area (TPSA) is 92.9 Å². The molecule has 3 N–H and O–H groups in total. The second kappa shape index (κ2) is 10.8. The Kier molecular flexibility index (Phi) is 7.14. The van der Waals surface area contributed by atoms with Crippen LogP contribution in [0, 0.1) is 0 Å². The molecule has 42 heavy (non-hydrogen) atoms. The lowest BCUT2D eigenvalue weighted by atomic mass is 10.0. The number of piperidine rings is 1. The van der Waals surface area contributed by atoms with Gasteiger partial charge >= 0.3 is 6.18 Å². The molecule has 5 aromatic rings. The van der Waals surface area contributed by atoms with Crippen molar-refractivity contribution >= 4 is 33.3 Å². The minimum Gasteiger partial charge on any atom is -0.376 e. The second-order valence-corrected chi connectivity index (χ2v) is 11.0. The zero-order valence-electron chi connectivity index (χ0n) is 23.6. The van der Waals surface area contributed by atoms with Gasteiger partial charge in [-0.3, -0.25) is 9.78 Å². The number of hydrogen-bond acceptors (Lipinski definition) is 6. The van der Waals surface area contributed by atoms with Crippen LogP contribution in [-0.2, 0) is 6.18 Å². The molecule has 0 amide bonds. The molecule has 0 spiro atoms. The van der Waals surface area contributed by atoms with Crippen LogP contribution in [0.4, 0.5) is 24.5 Å². The molecule has 1 aliphatic rings. The van der Waals surface area contributed by atoms with Gasteiger partial charge in [-0.2, -0.15) is 13.2 Å². The van der Waals surface area contributed by atoms with Crippen molar-refractivity contribution in [2.24, 2.45) is 0 Å². The second-order valence-electron chi connectivity index (χ2n) is 11.0. The lowest BCUT2D eigenvalue weighted by molar-refractivity contribution is -0.137. The number of alkyl halides is 3. The molecule has 218 valence electrons. The van der Waals surface area contributed by atoms with Gasteiger partial charge in [-0.1, -0.05) is 24.3 Å². The zero-order valence-corrected chi connectivity index (χ0v) is 23.6. The lowest BCUT2D eigenvalue weighted by Gasteiger charge is -2.37. The molecular weight excluding hydrogens is 543 g/mol. The predicted molar refractivity (Wildman–Crippen MR) is 160 cm³/mol. The van der Waals surface area contributed by atoms with Gasteiger partial charge < -0.3 is 25.1 Å². The molecule has 6 rings (SSSR count). The number of halogens is 3. The molecule has 4 heterocycles. The van der Waals surface area contributed by atoms with E-state index in [0.29, 0.717) is 16.7 Å². The highest BCUT2D eigenvalue weighted by atomic mass is 19.4. The molecule has 0 bridgehead atoms. The van der Waals surface area contributed by atoms with Gasteiger partial charge in [0.2, 0.25) is 0 Å². The Hall–Kier alpha value is -4.38. The van der Waals surface area contributed by atoms with E-state index in [1.54, 1.807) is 24.2 Å². The minimum absolute atomic E-state index is 0.0191. The highest BCUT2D eigenvalue weighted by molar-refractivity contribution is 5.99. The van der Waals surface area contributed by atoms with Crippen molar-refractivity contribution in [1.29, 1.82) is 0 Å². The van der Waals surface area contributed by atoms with Gasteiger partial charge in [-0.25, -0.2) is 4.98 Å². The third-order valence-corrected chi connectivity index (χ3v) is 8.17. The molecule has 2 aromatic carbocycles. The molecule has 11 heteroatoms. The molecule has 0 radical (unpaired) electrons. The minimum atomic E-state index is -4.58. The maximum Gasteiger partial charge on any atom is 0.418 e. The van der Waals surface area contributed by atoms with Crippen molar-refractivity contribution in [2.45, 2.75) is 38.0 Å². The van der Waals surface area contributed by atoms with Crippen LogP contribution in [0.25, 0.3) is 33.3 Å². The fraction of sp³-hybridized carbons (Fsp3) is 0.323. The molecule has 1 atom stereocenters. The predicted octanol–water partition coefficient (Wildman–Crippen LogP) is 6.19. The van der Waals surface area contributed by atoms with E-state index in [0.717, 1.165) is 43.1 Å². The van der Waals surface area contributed by atoms with E-state index in [-0.39, 0.29) is 34.7 Å². The third kappa shape index (κ3) is 5.20. The van der Waals surface area contributed by atoms with Gasteiger partial charge in [0, 0.05) is 24.7 Å². The summed E-state index contributed by atoms with van der Waals surface area (Å²) in [6.45, 7) is 3.58. The van der Waals surface area contributed by atoms with Crippen molar-refractivity contribution < 1.29 is 13.2 Å². The van der Waals surface area contributed by atoms with Crippen LogP contribution in [0.3, 0.4) is 0 Å².